The van der Waals surface area contributed by atoms with Crippen LogP contribution in [0.25, 0.3) is 10.9 Å². The maximum Gasteiger partial charge on any atom is 0.256 e. The van der Waals surface area contributed by atoms with Gasteiger partial charge in [-0.15, -0.1) is 0 Å². The molecule has 0 atom stereocenters. The molecule has 0 aliphatic heterocycles. The summed E-state index contributed by atoms with van der Waals surface area (Å²) in [5.74, 6) is 1.32. The first kappa shape index (κ1) is 16.5. The summed E-state index contributed by atoms with van der Waals surface area (Å²) in [5, 5.41) is 13.8. The molecule has 0 radical (unpaired) electrons. The van der Waals surface area contributed by atoms with Gasteiger partial charge in [0.15, 0.2) is 0 Å². The summed E-state index contributed by atoms with van der Waals surface area (Å²) < 4.78 is 5.42. The minimum atomic E-state index is -0.238. The summed E-state index contributed by atoms with van der Waals surface area (Å²) in [5.41, 5.74) is 2.15. The number of carbonyl (C=O) groups excluding carboxylic acids is 1. The van der Waals surface area contributed by atoms with E-state index in [1.807, 2.05) is 18.2 Å². The third-order valence-electron chi connectivity index (χ3n) is 3.97. The van der Waals surface area contributed by atoms with Gasteiger partial charge in [-0.05, 0) is 18.2 Å². The largest absolute Gasteiger partial charge is 0.494 e. The number of benzene rings is 2. The van der Waals surface area contributed by atoms with E-state index in [1.54, 1.807) is 43.6 Å². The van der Waals surface area contributed by atoms with Crippen LogP contribution >= 0.6 is 0 Å². The minimum Gasteiger partial charge on any atom is -0.494 e. The van der Waals surface area contributed by atoms with Gasteiger partial charge in [-0.1, -0.05) is 18.2 Å². The van der Waals surface area contributed by atoms with E-state index in [0.717, 1.165) is 16.6 Å². The maximum atomic E-state index is 12.3. The molecule has 0 spiro atoms. The van der Waals surface area contributed by atoms with Crippen molar-refractivity contribution in [1.82, 2.24) is 20.2 Å². The first-order valence-electron chi connectivity index (χ1n) is 8.19. The number of H-pyrrole nitrogens is 1. The summed E-state index contributed by atoms with van der Waals surface area (Å²) in [7, 11) is 1.59. The van der Waals surface area contributed by atoms with Gasteiger partial charge in [0.1, 0.15) is 23.7 Å². The van der Waals surface area contributed by atoms with Crippen molar-refractivity contribution in [1.29, 1.82) is 0 Å². The van der Waals surface area contributed by atoms with Gasteiger partial charge >= 0.3 is 0 Å². The highest BCUT2D eigenvalue weighted by Crippen LogP contribution is 2.31. The highest BCUT2D eigenvalue weighted by atomic mass is 16.5. The van der Waals surface area contributed by atoms with Gasteiger partial charge in [0.25, 0.3) is 5.91 Å². The molecule has 2 aromatic carbocycles. The van der Waals surface area contributed by atoms with E-state index in [-0.39, 0.29) is 5.91 Å². The molecule has 0 unspecified atom stereocenters. The predicted molar refractivity (Wildman–Crippen MR) is 102 cm³/mol. The molecule has 8 heteroatoms. The van der Waals surface area contributed by atoms with E-state index in [2.05, 4.69) is 30.8 Å². The second-order valence-corrected chi connectivity index (χ2v) is 5.74. The van der Waals surface area contributed by atoms with Gasteiger partial charge in [-0.3, -0.25) is 9.89 Å². The average Bonchev–Trinajstić information content (AvgIpc) is 3.15. The van der Waals surface area contributed by atoms with Crippen molar-refractivity contribution in [2.24, 2.45) is 0 Å². The fraction of sp³-hybridized carbons (Fsp3) is 0.0526. The second-order valence-electron chi connectivity index (χ2n) is 5.74. The van der Waals surface area contributed by atoms with Crippen molar-refractivity contribution in [2.75, 3.05) is 17.7 Å². The summed E-state index contributed by atoms with van der Waals surface area (Å²) in [4.78, 5) is 20.6. The molecule has 4 aromatic rings. The zero-order chi connectivity index (χ0) is 18.6. The molecule has 0 saturated heterocycles. The summed E-state index contributed by atoms with van der Waals surface area (Å²) in [6.07, 6.45) is 3.11. The Bertz CT molecular complexity index is 1090. The fourth-order valence-corrected chi connectivity index (χ4v) is 2.65. The number of fused-ring (bicyclic) bond motifs is 1. The number of carbonyl (C=O) groups is 1. The van der Waals surface area contributed by atoms with E-state index in [4.69, 9.17) is 4.74 Å². The van der Waals surface area contributed by atoms with Gasteiger partial charge in [-0.2, -0.15) is 5.10 Å². The molecule has 0 aliphatic rings. The quantitative estimate of drug-likeness (QED) is 0.504. The lowest BCUT2D eigenvalue weighted by Crippen LogP contribution is -2.13. The van der Waals surface area contributed by atoms with E-state index >= 15 is 0 Å². The van der Waals surface area contributed by atoms with E-state index in [0.29, 0.717) is 22.9 Å². The van der Waals surface area contributed by atoms with Crippen LogP contribution < -0.4 is 15.4 Å². The van der Waals surface area contributed by atoms with Gasteiger partial charge in [0.2, 0.25) is 0 Å². The Kier molecular flexibility index (Phi) is 4.36. The van der Waals surface area contributed by atoms with Crippen LogP contribution in [0.2, 0.25) is 0 Å². The molecule has 1 amide bonds. The Morgan fingerprint density at radius 3 is 2.70 bits per heavy atom. The Hall–Kier alpha value is -3.94. The molecule has 2 aromatic heterocycles. The normalized spacial score (nSPS) is 10.6. The van der Waals surface area contributed by atoms with Crippen LogP contribution in [0, 0.1) is 0 Å². The molecular formula is C19H16N6O2. The molecule has 0 saturated carbocycles. The maximum absolute atomic E-state index is 12.3. The minimum absolute atomic E-state index is 0.238. The lowest BCUT2D eigenvalue weighted by molar-refractivity contribution is 0.102. The number of ether oxygens (including phenoxy) is 1. The first-order valence-corrected chi connectivity index (χ1v) is 8.19. The van der Waals surface area contributed by atoms with E-state index in [9.17, 15) is 4.79 Å². The third-order valence-corrected chi connectivity index (χ3v) is 3.97. The number of hydrogen-bond acceptors (Lipinski definition) is 6. The number of hydrogen-bond donors (Lipinski definition) is 3. The van der Waals surface area contributed by atoms with Gasteiger partial charge in [0.05, 0.1) is 24.5 Å². The van der Waals surface area contributed by atoms with Crippen molar-refractivity contribution < 1.29 is 9.53 Å². The van der Waals surface area contributed by atoms with Crippen molar-refractivity contribution in [3.05, 3.63) is 66.6 Å². The number of amides is 1. The van der Waals surface area contributed by atoms with Crippen molar-refractivity contribution in [3.63, 3.8) is 0 Å². The first-order chi connectivity index (χ1) is 13.2. The Labute approximate surface area is 154 Å². The number of methoxy groups -OCH3 is 1. The third kappa shape index (κ3) is 3.54. The van der Waals surface area contributed by atoms with Crippen LogP contribution in [-0.2, 0) is 0 Å². The molecule has 2 heterocycles. The van der Waals surface area contributed by atoms with Gasteiger partial charge in [0, 0.05) is 23.1 Å². The summed E-state index contributed by atoms with van der Waals surface area (Å²) >= 11 is 0. The number of aromatic amines is 1. The molecule has 134 valence electrons. The van der Waals surface area contributed by atoms with Crippen molar-refractivity contribution in [3.8, 4) is 5.75 Å². The van der Waals surface area contributed by atoms with Crippen LogP contribution in [0.15, 0.2) is 61.1 Å². The van der Waals surface area contributed by atoms with Crippen LogP contribution in [0.3, 0.4) is 0 Å². The molecule has 3 N–H and O–H groups in total. The highest BCUT2D eigenvalue weighted by molar-refractivity contribution is 6.03. The summed E-state index contributed by atoms with van der Waals surface area (Å²) in [6, 6.07) is 14.3. The molecule has 0 aliphatic carbocycles. The fourth-order valence-electron chi connectivity index (χ4n) is 2.65. The van der Waals surface area contributed by atoms with E-state index in [1.165, 1.54) is 6.33 Å². The topological polar surface area (TPSA) is 105 Å². The number of aromatic nitrogens is 4. The number of nitrogens with zero attached hydrogens (tertiary/aromatic N) is 3. The van der Waals surface area contributed by atoms with Crippen LogP contribution in [0.5, 0.6) is 5.75 Å². The number of anilines is 3. The van der Waals surface area contributed by atoms with Gasteiger partial charge in [-0.25, -0.2) is 9.97 Å². The molecule has 0 fully saturated rings. The molecule has 0 bridgehead atoms. The smallest absolute Gasteiger partial charge is 0.256 e. The second kappa shape index (κ2) is 7.12. The lowest BCUT2D eigenvalue weighted by atomic mass is 10.2. The highest BCUT2D eigenvalue weighted by Gasteiger charge is 2.10. The SMILES string of the molecule is COc1cc2[nH]ncc2cc1Nc1cc(NC(=O)c2ccccc2)ncn1. The Morgan fingerprint density at radius 2 is 1.89 bits per heavy atom. The molecule has 27 heavy (non-hydrogen) atoms. The average molecular weight is 360 g/mol. The molecular weight excluding hydrogens is 344 g/mol. The monoisotopic (exact) mass is 360 g/mol. The predicted octanol–water partition coefficient (Wildman–Crippen LogP) is 3.36. The Balaban J connectivity index is 1.57. The standard InChI is InChI=1S/C19H16N6O2/c1-27-16-8-14-13(10-22-25-14)7-15(16)23-17-9-18(21-11-20-17)24-19(26)12-5-3-2-4-6-12/h2-11H,1H3,(H,22,25)(H2,20,21,23,24,26). The van der Waals surface area contributed by atoms with Crippen LogP contribution in [0.1, 0.15) is 10.4 Å². The number of rotatable bonds is 5. The lowest BCUT2D eigenvalue weighted by Gasteiger charge is -2.11. The zero-order valence-corrected chi connectivity index (χ0v) is 14.4. The van der Waals surface area contributed by atoms with Crippen LogP contribution in [-0.4, -0.2) is 33.2 Å². The zero-order valence-electron chi connectivity index (χ0n) is 14.4. The van der Waals surface area contributed by atoms with E-state index < -0.39 is 0 Å². The summed E-state index contributed by atoms with van der Waals surface area (Å²) in [6.45, 7) is 0. The molecule has 4 rings (SSSR count). The number of nitrogens with one attached hydrogen (secondary N) is 3. The van der Waals surface area contributed by atoms with Gasteiger partial charge < -0.3 is 15.4 Å². The van der Waals surface area contributed by atoms with Crippen molar-refractivity contribution in [2.45, 2.75) is 0 Å². The van der Waals surface area contributed by atoms with Crippen LogP contribution in [0.4, 0.5) is 17.3 Å². The van der Waals surface area contributed by atoms with Crippen molar-refractivity contribution >= 4 is 34.1 Å². The Morgan fingerprint density at radius 1 is 1.07 bits per heavy atom. The molecule has 8 nitrogen and oxygen atoms in total.